The van der Waals surface area contributed by atoms with Crippen molar-refractivity contribution in [2.24, 2.45) is 0 Å². The summed E-state index contributed by atoms with van der Waals surface area (Å²) in [4.78, 5) is 11.6. The maximum atomic E-state index is 11.6. The van der Waals surface area contributed by atoms with Crippen LogP contribution in [0.4, 0.5) is 0 Å². The third kappa shape index (κ3) is 7.15. The van der Waals surface area contributed by atoms with Gasteiger partial charge in [0.25, 0.3) is 0 Å². The number of carbonyl (C=O) groups is 1. The van der Waals surface area contributed by atoms with Crippen LogP contribution in [0.1, 0.15) is 22.8 Å². The van der Waals surface area contributed by atoms with Crippen molar-refractivity contribution < 1.29 is 19.0 Å². The van der Waals surface area contributed by atoms with Gasteiger partial charge in [0.2, 0.25) is 4.38 Å². The van der Waals surface area contributed by atoms with E-state index in [-0.39, 0.29) is 5.97 Å². The topological polar surface area (TPSA) is 44.8 Å². The number of rotatable bonds is 8. The average Bonchev–Trinajstić information content (AvgIpc) is 2.65. The summed E-state index contributed by atoms with van der Waals surface area (Å²) in [5.74, 6) is 1.19. The van der Waals surface area contributed by atoms with Gasteiger partial charge in [-0.2, -0.15) is 0 Å². The number of ether oxygens (including phenoxy) is 3. The summed E-state index contributed by atoms with van der Waals surface area (Å²) in [6, 6.07) is 16.9. The third-order valence-electron chi connectivity index (χ3n) is 3.14. The van der Waals surface area contributed by atoms with Gasteiger partial charge in [-0.15, -0.1) is 0 Å². The zero-order chi connectivity index (χ0) is 17.9. The van der Waals surface area contributed by atoms with Crippen LogP contribution in [-0.4, -0.2) is 30.2 Å². The Kier molecular flexibility index (Phi) is 8.28. The molecule has 132 valence electrons. The molecule has 0 saturated heterocycles. The maximum Gasteiger partial charge on any atom is 0.338 e. The lowest BCUT2D eigenvalue weighted by atomic mass is 10.1. The Labute approximate surface area is 157 Å². The minimum Gasteiger partial charge on any atom is -0.490 e. The summed E-state index contributed by atoms with van der Waals surface area (Å²) >= 11 is 6.63. The first-order valence-corrected chi connectivity index (χ1v) is 9.32. The summed E-state index contributed by atoms with van der Waals surface area (Å²) < 4.78 is 16.4. The van der Waals surface area contributed by atoms with E-state index in [9.17, 15) is 4.79 Å². The van der Waals surface area contributed by atoms with Crippen molar-refractivity contribution in [3.05, 3.63) is 65.7 Å². The van der Waals surface area contributed by atoms with Crippen molar-refractivity contribution in [3.8, 4) is 5.75 Å². The predicted molar refractivity (Wildman–Crippen MR) is 104 cm³/mol. The van der Waals surface area contributed by atoms with Gasteiger partial charge in [0.05, 0.1) is 12.2 Å². The molecule has 0 spiro atoms. The van der Waals surface area contributed by atoms with E-state index >= 15 is 0 Å². The van der Waals surface area contributed by atoms with Gasteiger partial charge < -0.3 is 14.2 Å². The molecule has 0 radical (unpaired) electrons. The molecule has 0 saturated carbocycles. The Morgan fingerprint density at radius 1 is 1.00 bits per heavy atom. The molecule has 0 atom stereocenters. The fraction of sp³-hybridized carbons (Fsp3) is 0.263. The van der Waals surface area contributed by atoms with Crippen LogP contribution in [0.15, 0.2) is 54.6 Å². The molecule has 0 N–H and O–H groups in total. The minimum absolute atomic E-state index is 0.307. The number of esters is 1. The summed E-state index contributed by atoms with van der Waals surface area (Å²) in [7, 11) is 0. The number of thioether (sulfide) groups is 1. The van der Waals surface area contributed by atoms with E-state index in [1.54, 1.807) is 19.1 Å². The quantitative estimate of drug-likeness (QED) is 0.385. The SMILES string of the molecule is CCOC(=O)c1ccc(CSC(=S)OCCOc2ccccc2)cc1. The van der Waals surface area contributed by atoms with Gasteiger partial charge in [0.15, 0.2) is 0 Å². The third-order valence-corrected chi connectivity index (χ3v) is 4.44. The second-order valence-electron chi connectivity index (χ2n) is 4.97. The Balaban J connectivity index is 1.65. The van der Waals surface area contributed by atoms with Gasteiger partial charge >= 0.3 is 5.97 Å². The lowest BCUT2D eigenvalue weighted by molar-refractivity contribution is 0.0526. The second kappa shape index (κ2) is 10.7. The molecule has 25 heavy (non-hydrogen) atoms. The van der Waals surface area contributed by atoms with Crippen LogP contribution in [0.3, 0.4) is 0 Å². The summed E-state index contributed by atoms with van der Waals surface area (Å²) in [6.45, 7) is 3.01. The van der Waals surface area contributed by atoms with Crippen LogP contribution in [0.25, 0.3) is 0 Å². The van der Waals surface area contributed by atoms with E-state index in [1.165, 1.54) is 11.8 Å². The number of hydrogen-bond donors (Lipinski definition) is 0. The molecule has 0 aliphatic rings. The lowest BCUT2D eigenvalue weighted by Gasteiger charge is -2.09. The fourth-order valence-corrected chi connectivity index (χ4v) is 2.84. The van der Waals surface area contributed by atoms with E-state index in [1.807, 2.05) is 42.5 Å². The highest BCUT2D eigenvalue weighted by molar-refractivity contribution is 8.22. The Hall–Kier alpha value is -2.05. The second-order valence-corrected chi connectivity index (χ2v) is 6.54. The molecule has 0 amide bonds. The normalized spacial score (nSPS) is 10.1. The standard InChI is InChI=1S/C19H20O4S2/c1-2-21-18(20)16-10-8-15(9-11-16)14-25-19(24)23-13-12-22-17-6-4-3-5-7-17/h3-11H,2,12-14H2,1H3. The molecule has 0 heterocycles. The monoisotopic (exact) mass is 376 g/mol. The molecule has 0 unspecified atom stereocenters. The maximum absolute atomic E-state index is 11.6. The summed E-state index contributed by atoms with van der Waals surface area (Å²) in [5, 5.41) is 0. The first-order chi connectivity index (χ1) is 12.2. The van der Waals surface area contributed by atoms with Crippen LogP contribution in [-0.2, 0) is 15.2 Å². The largest absolute Gasteiger partial charge is 0.490 e. The minimum atomic E-state index is -0.307. The van der Waals surface area contributed by atoms with E-state index in [4.69, 9.17) is 26.4 Å². The Bertz CT molecular complexity index is 672. The Morgan fingerprint density at radius 3 is 2.40 bits per heavy atom. The predicted octanol–water partition coefficient (Wildman–Crippen LogP) is 4.48. The lowest BCUT2D eigenvalue weighted by Crippen LogP contribution is -2.09. The highest BCUT2D eigenvalue weighted by atomic mass is 32.2. The van der Waals surface area contributed by atoms with Crippen molar-refractivity contribution in [3.63, 3.8) is 0 Å². The van der Waals surface area contributed by atoms with Gasteiger partial charge in [-0.25, -0.2) is 4.79 Å². The van der Waals surface area contributed by atoms with Crippen LogP contribution < -0.4 is 4.74 Å². The summed E-state index contributed by atoms with van der Waals surface area (Å²) in [6.07, 6.45) is 0. The van der Waals surface area contributed by atoms with Gasteiger partial charge in [0.1, 0.15) is 19.0 Å². The van der Waals surface area contributed by atoms with Gasteiger partial charge in [-0.05, 0) is 49.0 Å². The van der Waals surface area contributed by atoms with Crippen molar-refractivity contribution >= 4 is 34.3 Å². The van der Waals surface area contributed by atoms with Crippen LogP contribution in [0.5, 0.6) is 5.75 Å². The number of carbonyl (C=O) groups excluding carboxylic acids is 1. The van der Waals surface area contributed by atoms with Crippen molar-refractivity contribution in [2.75, 3.05) is 19.8 Å². The highest BCUT2D eigenvalue weighted by Gasteiger charge is 2.06. The smallest absolute Gasteiger partial charge is 0.338 e. The molecule has 6 heteroatoms. The molecule has 0 fully saturated rings. The van der Waals surface area contributed by atoms with E-state index in [0.717, 1.165) is 11.3 Å². The Morgan fingerprint density at radius 2 is 1.72 bits per heavy atom. The zero-order valence-corrected chi connectivity index (χ0v) is 15.6. The van der Waals surface area contributed by atoms with Gasteiger partial charge in [-0.1, -0.05) is 42.1 Å². The zero-order valence-electron chi connectivity index (χ0n) is 14.0. The number of hydrogen-bond acceptors (Lipinski definition) is 6. The molecular weight excluding hydrogens is 356 g/mol. The first kappa shape index (κ1) is 19.3. The molecule has 0 aliphatic heterocycles. The van der Waals surface area contributed by atoms with Gasteiger partial charge in [-0.3, -0.25) is 0 Å². The fourth-order valence-electron chi connectivity index (χ4n) is 1.94. The van der Waals surface area contributed by atoms with Crippen molar-refractivity contribution in [1.29, 1.82) is 0 Å². The molecule has 4 nitrogen and oxygen atoms in total. The van der Waals surface area contributed by atoms with Crippen molar-refractivity contribution in [1.82, 2.24) is 0 Å². The number of para-hydroxylation sites is 1. The molecular formula is C19H20O4S2. The molecule has 2 aromatic rings. The first-order valence-electron chi connectivity index (χ1n) is 7.92. The van der Waals surface area contributed by atoms with Gasteiger partial charge in [0, 0.05) is 5.75 Å². The average molecular weight is 376 g/mol. The van der Waals surface area contributed by atoms with Crippen LogP contribution >= 0.6 is 24.0 Å². The molecule has 0 bridgehead atoms. The van der Waals surface area contributed by atoms with Crippen LogP contribution in [0, 0.1) is 0 Å². The summed E-state index contributed by atoms with van der Waals surface area (Å²) in [5.41, 5.74) is 1.61. The molecule has 2 rings (SSSR count). The molecule has 0 aliphatic carbocycles. The number of thiocarbonyl (C=S) groups is 1. The van der Waals surface area contributed by atoms with E-state index in [2.05, 4.69) is 0 Å². The molecule has 2 aromatic carbocycles. The number of benzene rings is 2. The highest BCUT2D eigenvalue weighted by Crippen LogP contribution is 2.16. The van der Waals surface area contributed by atoms with E-state index < -0.39 is 0 Å². The van der Waals surface area contributed by atoms with Crippen LogP contribution in [0.2, 0.25) is 0 Å². The van der Waals surface area contributed by atoms with E-state index in [0.29, 0.717) is 35.5 Å². The van der Waals surface area contributed by atoms with Crippen molar-refractivity contribution in [2.45, 2.75) is 12.7 Å². The molecule has 0 aromatic heterocycles.